The number of nitrogens with one attached hydrogen (secondary N) is 1. The normalized spacial score (nSPS) is 9.56. The van der Waals surface area contributed by atoms with Crippen LogP contribution in [0.2, 0.25) is 0 Å². The second kappa shape index (κ2) is 5.20. The Morgan fingerprint density at radius 3 is 2.22 bits per heavy atom. The first-order chi connectivity index (χ1) is 8.69. The molecule has 0 aromatic heterocycles. The van der Waals surface area contributed by atoms with Crippen LogP contribution in [0.5, 0.6) is 0 Å². The van der Waals surface area contributed by atoms with Crippen LogP contribution in [0, 0.1) is 19.3 Å². The van der Waals surface area contributed by atoms with Gasteiger partial charge >= 0.3 is 0 Å². The number of carbonyl (C=O) groups excluding carboxylic acids is 1. The van der Waals surface area contributed by atoms with E-state index in [-0.39, 0.29) is 5.91 Å². The molecule has 0 unspecified atom stereocenters. The summed E-state index contributed by atoms with van der Waals surface area (Å²) < 4.78 is 0. The molecule has 0 saturated carbocycles. The molecule has 0 atom stereocenters. The van der Waals surface area contributed by atoms with Gasteiger partial charge in [-0.3, -0.25) is 4.79 Å². The van der Waals surface area contributed by atoms with E-state index in [4.69, 9.17) is 6.42 Å². The first-order valence-electron chi connectivity index (χ1n) is 5.64. The molecule has 0 fully saturated rings. The summed E-state index contributed by atoms with van der Waals surface area (Å²) in [7, 11) is 0. The van der Waals surface area contributed by atoms with Crippen molar-refractivity contribution in [3.05, 3.63) is 65.2 Å². The predicted molar refractivity (Wildman–Crippen MR) is 73.5 cm³/mol. The molecule has 2 aromatic carbocycles. The topological polar surface area (TPSA) is 29.1 Å². The highest BCUT2D eigenvalue weighted by Crippen LogP contribution is 2.11. The number of benzene rings is 2. The summed E-state index contributed by atoms with van der Waals surface area (Å²) in [5.41, 5.74) is 3.30. The maximum absolute atomic E-state index is 11.9. The van der Waals surface area contributed by atoms with Crippen molar-refractivity contribution >= 4 is 11.6 Å². The summed E-state index contributed by atoms with van der Waals surface area (Å²) in [4.78, 5) is 11.9. The molecule has 2 heteroatoms. The Morgan fingerprint density at radius 1 is 1.06 bits per heavy atom. The third-order valence-corrected chi connectivity index (χ3v) is 2.62. The smallest absolute Gasteiger partial charge is 0.255 e. The minimum Gasteiger partial charge on any atom is -0.322 e. The molecule has 0 bridgehead atoms. The number of hydrogen-bond acceptors (Lipinski definition) is 1. The van der Waals surface area contributed by atoms with E-state index in [1.807, 2.05) is 19.1 Å². The number of amides is 1. The SMILES string of the molecule is C#Cc1ccc(NC(=O)c2ccc(C)cc2)cc1. The molecule has 18 heavy (non-hydrogen) atoms. The van der Waals surface area contributed by atoms with E-state index >= 15 is 0 Å². The molecule has 0 radical (unpaired) electrons. The van der Waals surface area contributed by atoms with Gasteiger partial charge in [0.25, 0.3) is 5.91 Å². The van der Waals surface area contributed by atoms with E-state index in [0.29, 0.717) is 5.56 Å². The number of aryl methyl sites for hydroxylation is 1. The van der Waals surface area contributed by atoms with Gasteiger partial charge in [0.05, 0.1) is 0 Å². The summed E-state index contributed by atoms with van der Waals surface area (Å²) >= 11 is 0. The van der Waals surface area contributed by atoms with Crippen LogP contribution in [0.15, 0.2) is 48.5 Å². The Balaban J connectivity index is 2.11. The molecule has 0 heterocycles. The second-order valence-electron chi connectivity index (χ2n) is 4.04. The molecule has 2 rings (SSSR count). The van der Waals surface area contributed by atoms with E-state index in [1.165, 1.54) is 0 Å². The fourth-order valence-corrected chi connectivity index (χ4v) is 1.56. The Morgan fingerprint density at radius 2 is 1.67 bits per heavy atom. The lowest BCUT2D eigenvalue weighted by atomic mass is 10.1. The van der Waals surface area contributed by atoms with Crippen molar-refractivity contribution in [1.29, 1.82) is 0 Å². The quantitative estimate of drug-likeness (QED) is 0.795. The monoisotopic (exact) mass is 235 g/mol. The average Bonchev–Trinajstić information content (AvgIpc) is 2.40. The van der Waals surface area contributed by atoms with Gasteiger partial charge in [-0.15, -0.1) is 6.42 Å². The molecule has 2 nitrogen and oxygen atoms in total. The fraction of sp³-hybridized carbons (Fsp3) is 0.0625. The third kappa shape index (κ3) is 2.78. The summed E-state index contributed by atoms with van der Waals surface area (Å²) in [5, 5.41) is 2.82. The zero-order chi connectivity index (χ0) is 13.0. The lowest BCUT2D eigenvalue weighted by molar-refractivity contribution is 0.102. The van der Waals surface area contributed by atoms with Crippen molar-refractivity contribution in [2.45, 2.75) is 6.92 Å². The second-order valence-corrected chi connectivity index (χ2v) is 4.04. The Labute approximate surface area is 107 Å². The first kappa shape index (κ1) is 11.9. The number of rotatable bonds is 2. The van der Waals surface area contributed by atoms with E-state index in [1.54, 1.807) is 36.4 Å². The van der Waals surface area contributed by atoms with Gasteiger partial charge in [-0.1, -0.05) is 23.6 Å². The minimum atomic E-state index is -0.122. The number of terminal acetylenes is 1. The molecule has 0 saturated heterocycles. The van der Waals surface area contributed by atoms with E-state index in [0.717, 1.165) is 16.8 Å². The highest BCUT2D eigenvalue weighted by atomic mass is 16.1. The lowest BCUT2D eigenvalue weighted by Gasteiger charge is -2.05. The summed E-state index contributed by atoms with van der Waals surface area (Å²) in [6.45, 7) is 1.99. The zero-order valence-electron chi connectivity index (χ0n) is 10.1. The van der Waals surface area contributed by atoms with Crippen molar-refractivity contribution in [2.75, 3.05) is 5.32 Å². The van der Waals surface area contributed by atoms with Crippen LogP contribution in [0.3, 0.4) is 0 Å². The first-order valence-corrected chi connectivity index (χ1v) is 5.64. The molecule has 88 valence electrons. The molecule has 1 amide bonds. The van der Waals surface area contributed by atoms with Crippen molar-refractivity contribution < 1.29 is 4.79 Å². The van der Waals surface area contributed by atoms with Crippen LogP contribution in [-0.2, 0) is 0 Å². The molecular formula is C16H13NO. The van der Waals surface area contributed by atoms with Crippen LogP contribution >= 0.6 is 0 Å². The van der Waals surface area contributed by atoms with Crippen molar-refractivity contribution in [2.24, 2.45) is 0 Å². The van der Waals surface area contributed by atoms with Crippen molar-refractivity contribution in [3.8, 4) is 12.3 Å². The van der Waals surface area contributed by atoms with Crippen molar-refractivity contribution in [3.63, 3.8) is 0 Å². The maximum atomic E-state index is 11.9. The highest BCUT2D eigenvalue weighted by molar-refractivity contribution is 6.04. The van der Waals surface area contributed by atoms with E-state index in [2.05, 4.69) is 11.2 Å². The van der Waals surface area contributed by atoms with Crippen molar-refractivity contribution in [1.82, 2.24) is 0 Å². The Hall–Kier alpha value is -2.53. The van der Waals surface area contributed by atoms with Gasteiger partial charge in [0.2, 0.25) is 0 Å². The predicted octanol–water partition coefficient (Wildman–Crippen LogP) is 3.23. The van der Waals surface area contributed by atoms with Gasteiger partial charge in [0, 0.05) is 16.8 Å². The number of carbonyl (C=O) groups is 1. The minimum absolute atomic E-state index is 0.122. The van der Waals surface area contributed by atoms with Gasteiger partial charge in [0.1, 0.15) is 0 Å². The van der Waals surface area contributed by atoms with E-state index < -0.39 is 0 Å². The molecule has 0 aliphatic carbocycles. The summed E-state index contributed by atoms with van der Waals surface area (Å²) in [5.74, 6) is 2.41. The molecule has 2 aromatic rings. The standard InChI is InChI=1S/C16H13NO/c1-3-13-6-10-15(11-7-13)17-16(18)14-8-4-12(2)5-9-14/h1,4-11H,2H3,(H,17,18). The van der Waals surface area contributed by atoms with Crippen LogP contribution in [0.4, 0.5) is 5.69 Å². The summed E-state index contributed by atoms with van der Waals surface area (Å²) in [6.07, 6.45) is 5.27. The molecule has 0 aliphatic heterocycles. The van der Waals surface area contributed by atoms with Gasteiger partial charge < -0.3 is 5.32 Å². The van der Waals surface area contributed by atoms with Crippen LogP contribution in [0.25, 0.3) is 0 Å². The number of anilines is 1. The van der Waals surface area contributed by atoms with Gasteiger partial charge in [-0.05, 0) is 43.3 Å². The number of hydrogen-bond donors (Lipinski definition) is 1. The average molecular weight is 235 g/mol. The van der Waals surface area contributed by atoms with Crippen LogP contribution in [0.1, 0.15) is 21.5 Å². The Bertz CT molecular complexity index is 588. The van der Waals surface area contributed by atoms with Gasteiger partial charge in [-0.25, -0.2) is 0 Å². The molecule has 1 N–H and O–H groups in total. The largest absolute Gasteiger partial charge is 0.322 e. The maximum Gasteiger partial charge on any atom is 0.255 e. The fourth-order valence-electron chi connectivity index (χ4n) is 1.56. The molecule has 0 aliphatic rings. The molecule has 0 spiro atoms. The van der Waals surface area contributed by atoms with E-state index in [9.17, 15) is 4.79 Å². The van der Waals surface area contributed by atoms with Crippen LogP contribution < -0.4 is 5.32 Å². The van der Waals surface area contributed by atoms with Crippen LogP contribution in [-0.4, -0.2) is 5.91 Å². The summed E-state index contributed by atoms with van der Waals surface area (Å²) in [6, 6.07) is 14.6. The highest BCUT2D eigenvalue weighted by Gasteiger charge is 2.05. The Kier molecular flexibility index (Phi) is 3.45. The van der Waals surface area contributed by atoms with Gasteiger partial charge in [0.15, 0.2) is 0 Å². The lowest BCUT2D eigenvalue weighted by Crippen LogP contribution is -2.11. The molecular weight excluding hydrogens is 222 g/mol. The zero-order valence-corrected chi connectivity index (χ0v) is 10.1. The third-order valence-electron chi connectivity index (χ3n) is 2.62. The van der Waals surface area contributed by atoms with Gasteiger partial charge in [-0.2, -0.15) is 0 Å².